The largest absolute Gasteiger partial charge is 0.384 e. The summed E-state index contributed by atoms with van der Waals surface area (Å²) in [5.41, 5.74) is 1.62. The van der Waals surface area contributed by atoms with E-state index in [4.69, 9.17) is 4.74 Å². The normalized spacial score (nSPS) is 20.7. The number of hydrogen-bond acceptors (Lipinski definition) is 6. The zero-order valence-electron chi connectivity index (χ0n) is 11.0. The second-order valence-corrected chi connectivity index (χ2v) is 4.77. The average molecular weight is 262 g/mol. The van der Waals surface area contributed by atoms with Crippen molar-refractivity contribution in [3.05, 3.63) is 12.7 Å². The fraction of sp³-hybridized carbons (Fsp3) is 0.583. The second kappa shape index (κ2) is 5.50. The molecule has 3 heterocycles. The Labute approximate surface area is 111 Å². The van der Waals surface area contributed by atoms with Gasteiger partial charge in [-0.3, -0.25) is 0 Å². The van der Waals surface area contributed by atoms with Gasteiger partial charge in [0.1, 0.15) is 11.8 Å². The molecule has 2 aromatic rings. The molecule has 1 saturated heterocycles. The molecule has 0 aromatic carbocycles. The van der Waals surface area contributed by atoms with E-state index in [1.165, 1.54) is 0 Å². The van der Waals surface area contributed by atoms with Crippen LogP contribution in [-0.4, -0.2) is 59.8 Å². The van der Waals surface area contributed by atoms with Gasteiger partial charge in [0.25, 0.3) is 0 Å². The molecule has 0 radical (unpaired) electrons. The highest BCUT2D eigenvalue weighted by molar-refractivity contribution is 5.82. The number of methoxy groups -OCH3 is 1. The first kappa shape index (κ1) is 12.3. The Hall–Kier alpha value is -1.73. The fourth-order valence-electron chi connectivity index (χ4n) is 2.52. The van der Waals surface area contributed by atoms with Gasteiger partial charge in [0.2, 0.25) is 0 Å². The summed E-state index contributed by atoms with van der Waals surface area (Å²) in [5, 5.41) is 3.43. The van der Waals surface area contributed by atoms with E-state index in [1.807, 2.05) is 0 Å². The first-order valence-electron chi connectivity index (χ1n) is 6.47. The first-order valence-corrected chi connectivity index (χ1v) is 6.47. The van der Waals surface area contributed by atoms with E-state index >= 15 is 0 Å². The Kier molecular flexibility index (Phi) is 3.56. The Morgan fingerprint density at radius 3 is 3.26 bits per heavy atom. The highest BCUT2D eigenvalue weighted by atomic mass is 16.5. The number of ether oxygens (including phenoxy) is 1. The van der Waals surface area contributed by atoms with Crippen LogP contribution < -0.4 is 10.2 Å². The van der Waals surface area contributed by atoms with E-state index in [9.17, 15) is 0 Å². The number of nitrogens with one attached hydrogen (secondary N) is 2. The smallest absolute Gasteiger partial charge is 0.182 e. The summed E-state index contributed by atoms with van der Waals surface area (Å²) < 4.78 is 5.27. The van der Waals surface area contributed by atoms with Crippen molar-refractivity contribution in [3.63, 3.8) is 0 Å². The number of aromatic amines is 1. The van der Waals surface area contributed by atoms with Crippen molar-refractivity contribution < 1.29 is 4.74 Å². The third kappa shape index (κ3) is 2.52. The zero-order valence-corrected chi connectivity index (χ0v) is 11.0. The molecule has 2 aromatic heterocycles. The van der Waals surface area contributed by atoms with E-state index in [0.29, 0.717) is 11.6 Å². The highest BCUT2D eigenvalue weighted by Gasteiger charge is 2.21. The van der Waals surface area contributed by atoms with Gasteiger partial charge in [0.15, 0.2) is 11.5 Å². The number of imidazole rings is 1. The Morgan fingerprint density at radius 1 is 1.42 bits per heavy atom. The van der Waals surface area contributed by atoms with Gasteiger partial charge in [-0.25, -0.2) is 15.0 Å². The van der Waals surface area contributed by atoms with Gasteiger partial charge < -0.3 is 19.9 Å². The second-order valence-electron chi connectivity index (χ2n) is 4.77. The Morgan fingerprint density at radius 2 is 2.37 bits per heavy atom. The van der Waals surface area contributed by atoms with Gasteiger partial charge in [-0.2, -0.15) is 0 Å². The summed E-state index contributed by atoms with van der Waals surface area (Å²) in [6.07, 6.45) is 3.23. The Balaban J connectivity index is 1.89. The number of fused-ring (bicyclic) bond motifs is 1. The van der Waals surface area contributed by atoms with Crippen LogP contribution in [0.25, 0.3) is 11.2 Å². The zero-order chi connectivity index (χ0) is 13.1. The lowest BCUT2D eigenvalue weighted by molar-refractivity contribution is 0.156. The molecule has 0 saturated carbocycles. The monoisotopic (exact) mass is 262 g/mol. The molecule has 1 aliphatic heterocycles. The average Bonchev–Trinajstić information content (AvgIpc) is 2.79. The molecule has 3 rings (SSSR count). The molecule has 0 aliphatic carbocycles. The van der Waals surface area contributed by atoms with Crippen LogP contribution in [0.3, 0.4) is 0 Å². The minimum atomic E-state index is 0.459. The highest BCUT2D eigenvalue weighted by Crippen LogP contribution is 2.21. The van der Waals surface area contributed by atoms with Crippen molar-refractivity contribution in [2.24, 2.45) is 5.92 Å². The van der Waals surface area contributed by atoms with Gasteiger partial charge in [0, 0.05) is 39.2 Å². The molecule has 0 bridgehead atoms. The molecule has 0 spiro atoms. The molecule has 0 amide bonds. The minimum Gasteiger partial charge on any atom is -0.384 e. The number of aromatic nitrogens is 4. The predicted molar refractivity (Wildman–Crippen MR) is 72.1 cm³/mol. The summed E-state index contributed by atoms with van der Waals surface area (Å²) in [6, 6.07) is 0. The summed E-state index contributed by atoms with van der Waals surface area (Å²) in [4.78, 5) is 18.1. The van der Waals surface area contributed by atoms with Gasteiger partial charge in [-0.15, -0.1) is 0 Å². The summed E-state index contributed by atoms with van der Waals surface area (Å²) in [6.45, 7) is 4.51. The molecule has 1 fully saturated rings. The van der Waals surface area contributed by atoms with Crippen LogP contribution in [0, 0.1) is 5.92 Å². The topological polar surface area (TPSA) is 79.0 Å². The minimum absolute atomic E-state index is 0.459. The summed E-state index contributed by atoms with van der Waals surface area (Å²) in [7, 11) is 1.74. The van der Waals surface area contributed by atoms with Crippen LogP contribution in [0.1, 0.15) is 0 Å². The standard InChI is InChI=1S/C12H18N6O/c1-19-6-9-4-13-2-3-18(5-9)12-10-11(15-7-14-10)16-8-17-12/h7-9,13H,2-6H2,1H3,(H,14,15,16,17). The first-order chi connectivity index (χ1) is 9.38. The van der Waals surface area contributed by atoms with E-state index in [-0.39, 0.29) is 0 Å². The van der Waals surface area contributed by atoms with Crippen LogP contribution in [-0.2, 0) is 4.74 Å². The lowest BCUT2D eigenvalue weighted by atomic mass is 10.1. The van der Waals surface area contributed by atoms with Crippen LogP contribution >= 0.6 is 0 Å². The summed E-state index contributed by atoms with van der Waals surface area (Å²) in [5.74, 6) is 1.38. The maximum atomic E-state index is 5.27. The number of hydrogen-bond donors (Lipinski definition) is 2. The van der Waals surface area contributed by atoms with Crippen molar-refractivity contribution in [2.75, 3.05) is 44.8 Å². The fourth-order valence-corrected chi connectivity index (χ4v) is 2.52. The quantitative estimate of drug-likeness (QED) is 0.812. The molecular weight excluding hydrogens is 244 g/mol. The van der Waals surface area contributed by atoms with E-state index < -0.39 is 0 Å². The van der Waals surface area contributed by atoms with Crippen LogP contribution in [0.5, 0.6) is 0 Å². The van der Waals surface area contributed by atoms with Gasteiger partial charge >= 0.3 is 0 Å². The molecule has 7 nitrogen and oxygen atoms in total. The third-order valence-corrected chi connectivity index (χ3v) is 3.37. The van der Waals surface area contributed by atoms with E-state index in [0.717, 1.165) is 44.1 Å². The lowest BCUT2D eigenvalue weighted by Gasteiger charge is -2.24. The molecule has 1 atom stereocenters. The molecular formula is C12H18N6O. The van der Waals surface area contributed by atoms with Gasteiger partial charge in [-0.05, 0) is 0 Å². The number of rotatable bonds is 3. The SMILES string of the molecule is COCC1CNCCN(c2ncnc3nc[nH]c23)C1. The van der Waals surface area contributed by atoms with E-state index in [1.54, 1.807) is 19.8 Å². The maximum Gasteiger partial charge on any atom is 0.182 e. The maximum absolute atomic E-state index is 5.27. The summed E-state index contributed by atoms with van der Waals surface area (Å²) >= 11 is 0. The lowest BCUT2D eigenvalue weighted by Crippen LogP contribution is -2.32. The van der Waals surface area contributed by atoms with Crippen LogP contribution in [0.2, 0.25) is 0 Å². The van der Waals surface area contributed by atoms with E-state index in [2.05, 4.69) is 30.2 Å². The van der Waals surface area contributed by atoms with Gasteiger partial charge in [-0.1, -0.05) is 0 Å². The number of H-pyrrole nitrogens is 1. The molecule has 19 heavy (non-hydrogen) atoms. The van der Waals surface area contributed by atoms with Crippen LogP contribution in [0.15, 0.2) is 12.7 Å². The number of nitrogens with zero attached hydrogens (tertiary/aromatic N) is 4. The third-order valence-electron chi connectivity index (χ3n) is 3.37. The van der Waals surface area contributed by atoms with Gasteiger partial charge in [0.05, 0.1) is 12.9 Å². The van der Waals surface area contributed by atoms with Crippen molar-refractivity contribution in [1.29, 1.82) is 0 Å². The molecule has 7 heteroatoms. The van der Waals surface area contributed by atoms with Crippen LogP contribution in [0.4, 0.5) is 5.82 Å². The molecule has 1 aliphatic rings. The molecule has 102 valence electrons. The number of anilines is 1. The van der Waals surface area contributed by atoms with Crippen molar-refractivity contribution in [1.82, 2.24) is 25.3 Å². The Bertz CT molecular complexity index is 542. The van der Waals surface area contributed by atoms with Crippen molar-refractivity contribution >= 4 is 17.0 Å². The van der Waals surface area contributed by atoms with Crippen molar-refractivity contribution in [2.45, 2.75) is 0 Å². The predicted octanol–water partition coefficient (Wildman–Crippen LogP) is 0.0251. The molecule has 1 unspecified atom stereocenters. The molecule has 2 N–H and O–H groups in total. The van der Waals surface area contributed by atoms with Crippen molar-refractivity contribution in [3.8, 4) is 0 Å².